The van der Waals surface area contributed by atoms with Gasteiger partial charge >= 0.3 is 0 Å². The summed E-state index contributed by atoms with van der Waals surface area (Å²) >= 11 is 0. The Balaban J connectivity index is 1.58. The molecular formula is C18H21FN2O3. The van der Waals surface area contributed by atoms with Crippen molar-refractivity contribution in [3.8, 4) is 5.75 Å². The van der Waals surface area contributed by atoms with Gasteiger partial charge in [0.05, 0.1) is 5.54 Å². The minimum atomic E-state index is -0.319. The molecule has 0 saturated heterocycles. The van der Waals surface area contributed by atoms with Crippen molar-refractivity contribution in [1.29, 1.82) is 0 Å². The second-order valence-electron chi connectivity index (χ2n) is 6.15. The molecule has 1 aliphatic rings. The average molecular weight is 332 g/mol. The number of nitrogens with one attached hydrogen (secondary N) is 1. The standard InChI is InChI=1S/C18H21FN2O3/c19-13-3-5-14(6-4-13)23-11-15-7-8-16(24-15)17(22)21-18(12-20)9-1-2-10-18/h3-8H,1-2,9-12,20H2,(H,21,22). The Morgan fingerprint density at radius 2 is 1.92 bits per heavy atom. The molecule has 3 N–H and O–H groups in total. The number of hydrogen-bond donors (Lipinski definition) is 2. The van der Waals surface area contributed by atoms with Crippen molar-refractivity contribution in [2.75, 3.05) is 6.54 Å². The Hall–Kier alpha value is -2.34. The molecule has 1 saturated carbocycles. The summed E-state index contributed by atoms with van der Waals surface area (Å²) in [5.74, 6) is 0.729. The molecule has 3 rings (SSSR count). The van der Waals surface area contributed by atoms with Crippen LogP contribution in [0.3, 0.4) is 0 Å². The number of nitrogens with two attached hydrogens (primary N) is 1. The zero-order chi connectivity index (χ0) is 17.0. The number of benzene rings is 1. The predicted molar refractivity (Wildman–Crippen MR) is 87.2 cm³/mol. The summed E-state index contributed by atoms with van der Waals surface area (Å²) < 4.78 is 23.9. The summed E-state index contributed by atoms with van der Waals surface area (Å²) in [7, 11) is 0. The van der Waals surface area contributed by atoms with Gasteiger partial charge in [0.1, 0.15) is 23.9 Å². The van der Waals surface area contributed by atoms with E-state index in [1.54, 1.807) is 12.1 Å². The summed E-state index contributed by atoms with van der Waals surface area (Å²) in [6, 6.07) is 9.04. The van der Waals surface area contributed by atoms with E-state index in [4.69, 9.17) is 14.9 Å². The maximum Gasteiger partial charge on any atom is 0.287 e. The molecule has 0 atom stereocenters. The van der Waals surface area contributed by atoms with E-state index in [0.29, 0.717) is 18.1 Å². The number of rotatable bonds is 6. The van der Waals surface area contributed by atoms with Crippen molar-refractivity contribution in [3.05, 3.63) is 53.7 Å². The third-order valence-electron chi connectivity index (χ3n) is 4.41. The summed E-state index contributed by atoms with van der Waals surface area (Å²) in [6.07, 6.45) is 3.95. The van der Waals surface area contributed by atoms with E-state index >= 15 is 0 Å². The van der Waals surface area contributed by atoms with E-state index < -0.39 is 0 Å². The first kappa shape index (κ1) is 16.5. The topological polar surface area (TPSA) is 77.5 Å². The molecule has 0 spiro atoms. The zero-order valence-electron chi connectivity index (χ0n) is 13.4. The lowest BCUT2D eigenvalue weighted by Gasteiger charge is -2.28. The number of carbonyl (C=O) groups is 1. The molecule has 1 heterocycles. The highest BCUT2D eigenvalue weighted by Crippen LogP contribution is 2.29. The van der Waals surface area contributed by atoms with Gasteiger partial charge in [-0.2, -0.15) is 0 Å². The molecule has 0 radical (unpaired) electrons. The van der Waals surface area contributed by atoms with Gasteiger partial charge in [-0.3, -0.25) is 4.79 Å². The fourth-order valence-corrected chi connectivity index (χ4v) is 3.00. The molecule has 0 bridgehead atoms. The van der Waals surface area contributed by atoms with E-state index in [0.717, 1.165) is 25.7 Å². The van der Waals surface area contributed by atoms with E-state index in [2.05, 4.69) is 5.32 Å². The smallest absolute Gasteiger partial charge is 0.287 e. The fraction of sp³-hybridized carbons (Fsp3) is 0.389. The number of amides is 1. The SMILES string of the molecule is NCC1(NC(=O)c2ccc(COc3ccc(F)cc3)o2)CCCC1. The van der Waals surface area contributed by atoms with E-state index in [1.807, 2.05) is 0 Å². The second kappa shape index (κ2) is 7.05. The van der Waals surface area contributed by atoms with Gasteiger partial charge in [0.25, 0.3) is 5.91 Å². The van der Waals surface area contributed by atoms with Gasteiger partial charge in [-0.15, -0.1) is 0 Å². The Morgan fingerprint density at radius 1 is 1.21 bits per heavy atom. The maximum atomic E-state index is 12.8. The van der Waals surface area contributed by atoms with Crippen molar-refractivity contribution < 1.29 is 18.3 Å². The molecule has 0 aliphatic heterocycles. The number of furan rings is 1. The van der Waals surface area contributed by atoms with Gasteiger partial charge in [0.2, 0.25) is 0 Å². The van der Waals surface area contributed by atoms with Crippen molar-refractivity contribution in [2.24, 2.45) is 5.73 Å². The molecule has 2 aromatic rings. The molecule has 6 heteroatoms. The molecule has 5 nitrogen and oxygen atoms in total. The molecule has 24 heavy (non-hydrogen) atoms. The highest BCUT2D eigenvalue weighted by molar-refractivity contribution is 5.92. The summed E-state index contributed by atoms with van der Waals surface area (Å²) in [4.78, 5) is 12.3. The quantitative estimate of drug-likeness (QED) is 0.852. The lowest BCUT2D eigenvalue weighted by atomic mass is 9.98. The average Bonchev–Trinajstić information content (AvgIpc) is 3.24. The van der Waals surface area contributed by atoms with Crippen LogP contribution in [0.4, 0.5) is 4.39 Å². The maximum absolute atomic E-state index is 12.8. The third kappa shape index (κ3) is 3.76. The predicted octanol–water partition coefficient (Wildman–Crippen LogP) is 3.00. The van der Waals surface area contributed by atoms with Crippen LogP contribution < -0.4 is 15.8 Å². The van der Waals surface area contributed by atoms with Crippen LogP contribution in [-0.2, 0) is 6.61 Å². The van der Waals surface area contributed by atoms with E-state index in [9.17, 15) is 9.18 Å². The van der Waals surface area contributed by atoms with Crippen LogP contribution in [0, 0.1) is 5.82 Å². The second-order valence-corrected chi connectivity index (χ2v) is 6.15. The van der Waals surface area contributed by atoms with E-state index in [1.165, 1.54) is 24.3 Å². The monoisotopic (exact) mass is 332 g/mol. The molecule has 1 amide bonds. The first-order chi connectivity index (χ1) is 11.6. The van der Waals surface area contributed by atoms with Crippen LogP contribution in [-0.4, -0.2) is 18.0 Å². The number of halogens is 1. The van der Waals surface area contributed by atoms with Crippen LogP contribution in [0.5, 0.6) is 5.75 Å². The molecule has 1 aliphatic carbocycles. The summed E-state index contributed by atoms with van der Waals surface area (Å²) in [5, 5.41) is 3.01. The first-order valence-corrected chi connectivity index (χ1v) is 8.10. The largest absolute Gasteiger partial charge is 0.486 e. The van der Waals surface area contributed by atoms with Gasteiger partial charge in [-0.05, 0) is 49.2 Å². The van der Waals surface area contributed by atoms with Crippen LogP contribution in [0.2, 0.25) is 0 Å². The van der Waals surface area contributed by atoms with Crippen LogP contribution >= 0.6 is 0 Å². The highest BCUT2D eigenvalue weighted by Gasteiger charge is 2.34. The van der Waals surface area contributed by atoms with Gasteiger partial charge in [0.15, 0.2) is 5.76 Å². The minimum absolute atomic E-state index is 0.168. The minimum Gasteiger partial charge on any atom is -0.486 e. The molecule has 1 aromatic carbocycles. The molecule has 1 fully saturated rings. The van der Waals surface area contributed by atoms with Crippen LogP contribution in [0.15, 0.2) is 40.8 Å². The fourth-order valence-electron chi connectivity index (χ4n) is 3.00. The van der Waals surface area contributed by atoms with Crippen molar-refractivity contribution in [2.45, 2.75) is 37.8 Å². The Morgan fingerprint density at radius 3 is 2.58 bits per heavy atom. The lowest BCUT2D eigenvalue weighted by Crippen LogP contribution is -2.51. The molecule has 1 aromatic heterocycles. The lowest BCUT2D eigenvalue weighted by molar-refractivity contribution is 0.0870. The first-order valence-electron chi connectivity index (χ1n) is 8.10. The van der Waals surface area contributed by atoms with Crippen molar-refractivity contribution in [1.82, 2.24) is 5.32 Å². The zero-order valence-corrected chi connectivity index (χ0v) is 13.4. The summed E-state index contributed by atoms with van der Waals surface area (Å²) in [6.45, 7) is 0.598. The normalized spacial score (nSPS) is 16.1. The van der Waals surface area contributed by atoms with Gasteiger partial charge in [-0.25, -0.2) is 4.39 Å². The Kier molecular flexibility index (Phi) is 4.85. The molecule has 128 valence electrons. The number of carbonyl (C=O) groups excluding carboxylic acids is 1. The van der Waals surface area contributed by atoms with Crippen molar-refractivity contribution >= 4 is 5.91 Å². The van der Waals surface area contributed by atoms with Crippen LogP contribution in [0.1, 0.15) is 42.0 Å². The van der Waals surface area contributed by atoms with Gasteiger partial charge < -0.3 is 20.2 Å². The number of ether oxygens (including phenoxy) is 1. The molecule has 0 unspecified atom stereocenters. The molecular weight excluding hydrogens is 311 g/mol. The van der Waals surface area contributed by atoms with Crippen molar-refractivity contribution in [3.63, 3.8) is 0 Å². The summed E-state index contributed by atoms with van der Waals surface area (Å²) in [5.41, 5.74) is 5.52. The Bertz CT molecular complexity index is 691. The highest BCUT2D eigenvalue weighted by atomic mass is 19.1. The van der Waals surface area contributed by atoms with Crippen LogP contribution in [0.25, 0.3) is 0 Å². The Labute approximate surface area is 140 Å². The van der Waals surface area contributed by atoms with Gasteiger partial charge in [0, 0.05) is 6.54 Å². The van der Waals surface area contributed by atoms with E-state index in [-0.39, 0.29) is 29.6 Å². The third-order valence-corrected chi connectivity index (χ3v) is 4.41. The van der Waals surface area contributed by atoms with Gasteiger partial charge in [-0.1, -0.05) is 12.8 Å². The number of hydrogen-bond acceptors (Lipinski definition) is 4.